The molecule has 1 fully saturated rings. The van der Waals surface area contributed by atoms with Gasteiger partial charge in [0.05, 0.1) is 17.1 Å². The molecule has 0 radical (unpaired) electrons. The summed E-state index contributed by atoms with van der Waals surface area (Å²) in [5, 5.41) is 6.08. The van der Waals surface area contributed by atoms with Crippen molar-refractivity contribution < 1.29 is 9.18 Å². The number of rotatable bonds is 7. The molecule has 1 aromatic rings. The Hall–Kier alpha value is -1.23. The predicted molar refractivity (Wildman–Crippen MR) is 79.3 cm³/mol. The number of benzene rings is 1. The molecular formula is C14H19FN2OS. The van der Waals surface area contributed by atoms with Gasteiger partial charge in [-0.1, -0.05) is 6.92 Å². The highest BCUT2D eigenvalue weighted by atomic mass is 32.2. The molecule has 2 rings (SSSR count). The first-order valence-electron chi connectivity index (χ1n) is 6.62. The van der Waals surface area contributed by atoms with Gasteiger partial charge >= 0.3 is 0 Å². The second-order valence-corrected chi connectivity index (χ2v) is 5.81. The second-order valence-electron chi connectivity index (χ2n) is 4.71. The van der Waals surface area contributed by atoms with Gasteiger partial charge in [0.2, 0.25) is 5.91 Å². The van der Waals surface area contributed by atoms with Gasteiger partial charge in [0.15, 0.2) is 0 Å². The molecule has 1 aliphatic rings. The lowest BCUT2D eigenvalue weighted by molar-refractivity contribution is -0.113. The standard InChI is InChI=1S/C14H19FN2OS/c1-2-7-19-9-14(18)17-12-6-3-10(15)8-13(12)16-11-4-5-11/h3,6,8,11,16H,2,4-5,7,9H2,1H3,(H,17,18). The fourth-order valence-electron chi connectivity index (χ4n) is 1.69. The SMILES string of the molecule is CCCSCC(=O)Nc1ccc(F)cc1NC1CC1. The zero-order valence-corrected chi connectivity index (χ0v) is 11.9. The molecule has 0 aliphatic heterocycles. The van der Waals surface area contributed by atoms with Crippen LogP contribution in [0, 0.1) is 5.82 Å². The maximum Gasteiger partial charge on any atom is 0.234 e. The summed E-state index contributed by atoms with van der Waals surface area (Å²) in [6.45, 7) is 2.09. The smallest absolute Gasteiger partial charge is 0.234 e. The Morgan fingerprint density at radius 1 is 1.42 bits per heavy atom. The number of halogens is 1. The van der Waals surface area contributed by atoms with Crippen LogP contribution in [0.3, 0.4) is 0 Å². The van der Waals surface area contributed by atoms with Crippen molar-refractivity contribution in [1.82, 2.24) is 0 Å². The number of hydrogen-bond acceptors (Lipinski definition) is 3. The molecule has 1 amide bonds. The number of carbonyl (C=O) groups is 1. The van der Waals surface area contributed by atoms with Crippen molar-refractivity contribution in [3.05, 3.63) is 24.0 Å². The average Bonchev–Trinajstić information content (AvgIpc) is 3.17. The van der Waals surface area contributed by atoms with E-state index < -0.39 is 0 Å². The number of anilines is 2. The van der Waals surface area contributed by atoms with Crippen LogP contribution < -0.4 is 10.6 Å². The number of amides is 1. The molecule has 104 valence electrons. The first-order valence-corrected chi connectivity index (χ1v) is 7.78. The third-order valence-electron chi connectivity index (χ3n) is 2.77. The van der Waals surface area contributed by atoms with Crippen LogP contribution in [0.5, 0.6) is 0 Å². The predicted octanol–water partition coefficient (Wildman–Crippen LogP) is 3.48. The highest BCUT2D eigenvalue weighted by molar-refractivity contribution is 7.99. The summed E-state index contributed by atoms with van der Waals surface area (Å²) >= 11 is 1.61. The summed E-state index contributed by atoms with van der Waals surface area (Å²) in [7, 11) is 0. The fourth-order valence-corrected chi connectivity index (χ4v) is 2.38. The normalized spacial score (nSPS) is 14.2. The van der Waals surface area contributed by atoms with Crippen molar-refractivity contribution in [3.63, 3.8) is 0 Å². The van der Waals surface area contributed by atoms with E-state index in [9.17, 15) is 9.18 Å². The zero-order valence-electron chi connectivity index (χ0n) is 11.0. The minimum absolute atomic E-state index is 0.0381. The first kappa shape index (κ1) is 14.2. The van der Waals surface area contributed by atoms with Gasteiger partial charge in [-0.2, -0.15) is 11.8 Å². The summed E-state index contributed by atoms with van der Waals surface area (Å²) in [6, 6.07) is 4.84. The Labute approximate surface area is 117 Å². The topological polar surface area (TPSA) is 41.1 Å². The highest BCUT2D eigenvalue weighted by Gasteiger charge is 2.22. The number of nitrogens with one attached hydrogen (secondary N) is 2. The second kappa shape index (κ2) is 6.80. The summed E-state index contributed by atoms with van der Waals surface area (Å²) < 4.78 is 13.2. The van der Waals surface area contributed by atoms with Gasteiger partial charge in [0.1, 0.15) is 5.82 Å². The average molecular weight is 282 g/mol. The van der Waals surface area contributed by atoms with E-state index in [-0.39, 0.29) is 11.7 Å². The molecule has 0 spiro atoms. The highest BCUT2D eigenvalue weighted by Crippen LogP contribution is 2.30. The molecule has 5 heteroatoms. The van der Waals surface area contributed by atoms with Gasteiger partial charge in [0.25, 0.3) is 0 Å². The molecule has 19 heavy (non-hydrogen) atoms. The number of thioether (sulfide) groups is 1. The molecule has 0 atom stereocenters. The fraction of sp³-hybridized carbons (Fsp3) is 0.500. The van der Waals surface area contributed by atoms with E-state index in [0.717, 1.165) is 25.0 Å². The lowest BCUT2D eigenvalue weighted by Gasteiger charge is -2.12. The maximum atomic E-state index is 13.2. The van der Waals surface area contributed by atoms with Gasteiger partial charge in [0, 0.05) is 6.04 Å². The molecule has 0 heterocycles. The van der Waals surface area contributed by atoms with E-state index in [0.29, 0.717) is 23.2 Å². The van der Waals surface area contributed by atoms with Gasteiger partial charge in [-0.25, -0.2) is 4.39 Å². The van der Waals surface area contributed by atoms with Gasteiger partial charge in [-0.3, -0.25) is 4.79 Å². The Morgan fingerprint density at radius 3 is 2.89 bits per heavy atom. The zero-order chi connectivity index (χ0) is 13.7. The third kappa shape index (κ3) is 4.74. The van der Waals surface area contributed by atoms with Gasteiger partial charge in [-0.05, 0) is 43.2 Å². The van der Waals surface area contributed by atoms with Crippen LogP contribution in [0.25, 0.3) is 0 Å². The van der Waals surface area contributed by atoms with Crippen molar-refractivity contribution in [1.29, 1.82) is 0 Å². The van der Waals surface area contributed by atoms with Gasteiger partial charge in [-0.15, -0.1) is 0 Å². The van der Waals surface area contributed by atoms with E-state index in [4.69, 9.17) is 0 Å². The molecule has 0 bridgehead atoms. The summed E-state index contributed by atoms with van der Waals surface area (Å²) in [4.78, 5) is 11.8. The van der Waals surface area contributed by atoms with E-state index in [1.54, 1.807) is 17.8 Å². The van der Waals surface area contributed by atoms with Crippen molar-refractivity contribution in [2.24, 2.45) is 0 Å². The first-order chi connectivity index (χ1) is 9.19. The van der Waals surface area contributed by atoms with Crippen LogP contribution in [-0.4, -0.2) is 23.5 Å². The molecular weight excluding hydrogens is 263 g/mol. The Bertz CT molecular complexity index is 449. The van der Waals surface area contributed by atoms with Crippen LogP contribution in [0.4, 0.5) is 15.8 Å². The monoisotopic (exact) mass is 282 g/mol. The quantitative estimate of drug-likeness (QED) is 0.752. The Balaban J connectivity index is 1.95. The number of hydrogen-bond donors (Lipinski definition) is 2. The Kier molecular flexibility index (Phi) is 5.07. The molecule has 0 saturated heterocycles. The molecule has 0 unspecified atom stereocenters. The van der Waals surface area contributed by atoms with Crippen molar-refractivity contribution >= 4 is 29.0 Å². The van der Waals surface area contributed by atoms with E-state index in [1.807, 2.05) is 0 Å². The van der Waals surface area contributed by atoms with Crippen molar-refractivity contribution in [2.45, 2.75) is 32.2 Å². The summed E-state index contributed by atoms with van der Waals surface area (Å²) in [5.41, 5.74) is 1.34. The minimum atomic E-state index is -0.290. The molecule has 3 nitrogen and oxygen atoms in total. The summed E-state index contributed by atoms with van der Waals surface area (Å²) in [5.74, 6) is 1.09. The van der Waals surface area contributed by atoms with Crippen LogP contribution in [0.1, 0.15) is 26.2 Å². The Morgan fingerprint density at radius 2 is 2.21 bits per heavy atom. The van der Waals surface area contributed by atoms with E-state index in [2.05, 4.69) is 17.6 Å². The van der Waals surface area contributed by atoms with Crippen LogP contribution >= 0.6 is 11.8 Å². The van der Waals surface area contributed by atoms with Crippen molar-refractivity contribution in [2.75, 3.05) is 22.1 Å². The maximum absolute atomic E-state index is 13.2. The minimum Gasteiger partial charge on any atom is -0.381 e. The molecule has 1 aliphatic carbocycles. The molecule has 0 aromatic heterocycles. The van der Waals surface area contributed by atoms with Crippen LogP contribution in [-0.2, 0) is 4.79 Å². The van der Waals surface area contributed by atoms with Gasteiger partial charge < -0.3 is 10.6 Å². The number of carbonyl (C=O) groups excluding carboxylic acids is 1. The van der Waals surface area contributed by atoms with Crippen LogP contribution in [0.15, 0.2) is 18.2 Å². The largest absolute Gasteiger partial charge is 0.381 e. The van der Waals surface area contributed by atoms with Crippen LogP contribution in [0.2, 0.25) is 0 Å². The lowest BCUT2D eigenvalue weighted by atomic mass is 10.2. The molecule has 2 N–H and O–H groups in total. The molecule has 1 saturated carbocycles. The van der Waals surface area contributed by atoms with E-state index >= 15 is 0 Å². The van der Waals surface area contributed by atoms with Crippen molar-refractivity contribution in [3.8, 4) is 0 Å². The molecule has 1 aromatic carbocycles. The van der Waals surface area contributed by atoms with E-state index in [1.165, 1.54) is 12.1 Å². The third-order valence-corrected chi connectivity index (χ3v) is 3.94. The lowest BCUT2D eigenvalue weighted by Crippen LogP contribution is -2.16. The summed E-state index contributed by atoms with van der Waals surface area (Å²) in [6.07, 6.45) is 3.27.